The number of aliphatic hydroxyl groups excluding tert-OH is 1. The second-order valence-electron chi connectivity index (χ2n) is 4.22. The monoisotopic (exact) mass is 268 g/mol. The minimum atomic E-state index is -0.561. The predicted molar refractivity (Wildman–Crippen MR) is 67.8 cm³/mol. The zero-order valence-corrected chi connectivity index (χ0v) is 10.8. The number of non-ortho nitro benzene ring substituents is 1. The molecule has 0 bridgehead atoms. The van der Waals surface area contributed by atoms with Crippen LogP contribution < -0.4 is 10.1 Å². The van der Waals surface area contributed by atoms with Crippen molar-refractivity contribution >= 4 is 11.6 Å². The largest absolute Gasteiger partial charge is 0.483 e. The van der Waals surface area contributed by atoms with Crippen molar-refractivity contribution in [1.29, 1.82) is 0 Å². The molecular formula is C12H16N2O5. The van der Waals surface area contributed by atoms with E-state index >= 15 is 0 Å². The van der Waals surface area contributed by atoms with Gasteiger partial charge >= 0.3 is 0 Å². The average molecular weight is 268 g/mol. The number of hydrogen-bond donors (Lipinski definition) is 2. The lowest BCUT2D eigenvalue weighted by molar-refractivity contribution is -0.385. The van der Waals surface area contributed by atoms with Crippen molar-refractivity contribution in [3.05, 3.63) is 33.9 Å². The van der Waals surface area contributed by atoms with Gasteiger partial charge in [0.2, 0.25) is 0 Å². The first-order chi connectivity index (χ1) is 8.93. The summed E-state index contributed by atoms with van der Waals surface area (Å²) in [7, 11) is 0. The van der Waals surface area contributed by atoms with E-state index in [-0.39, 0.29) is 35.6 Å². The van der Waals surface area contributed by atoms with Gasteiger partial charge in [-0.3, -0.25) is 14.9 Å². The Balaban J connectivity index is 2.73. The number of nitrogens with one attached hydrogen (secondary N) is 1. The number of carbonyl (C=O) groups is 1. The molecule has 0 unspecified atom stereocenters. The Morgan fingerprint density at radius 3 is 2.74 bits per heavy atom. The highest BCUT2D eigenvalue weighted by Gasteiger charge is 2.12. The number of nitrogens with zero attached hydrogens (tertiary/aromatic N) is 1. The van der Waals surface area contributed by atoms with E-state index in [4.69, 9.17) is 9.84 Å². The third kappa shape index (κ3) is 4.55. The smallest absolute Gasteiger partial charge is 0.270 e. The number of hydrogen-bond acceptors (Lipinski definition) is 5. The van der Waals surface area contributed by atoms with Crippen LogP contribution in [0.15, 0.2) is 18.2 Å². The quantitative estimate of drug-likeness (QED) is 0.591. The molecule has 0 saturated carbocycles. The lowest BCUT2D eigenvalue weighted by Gasteiger charge is -2.11. The molecule has 0 fully saturated rings. The Hall–Kier alpha value is -2.15. The number of rotatable bonds is 6. The van der Waals surface area contributed by atoms with Gasteiger partial charge in [0.05, 0.1) is 11.5 Å². The summed E-state index contributed by atoms with van der Waals surface area (Å²) in [4.78, 5) is 21.4. The molecule has 2 N–H and O–H groups in total. The topological polar surface area (TPSA) is 102 Å². The molecule has 0 heterocycles. The molecule has 0 radical (unpaired) electrons. The van der Waals surface area contributed by atoms with Crippen LogP contribution in [-0.2, 0) is 11.4 Å². The van der Waals surface area contributed by atoms with Crippen molar-refractivity contribution in [1.82, 2.24) is 5.32 Å². The Bertz CT molecular complexity index is 473. The van der Waals surface area contributed by atoms with Crippen molar-refractivity contribution in [3.63, 3.8) is 0 Å². The van der Waals surface area contributed by atoms with Crippen molar-refractivity contribution < 1.29 is 19.6 Å². The molecule has 0 atom stereocenters. The minimum absolute atomic E-state index is 0.00488. The van der Waals surface area contributed by atoms with Crippen molar-refractivity contribution in [3.8, 4) is 5.75 Å². The highest BCUT2D eigenvalue weighted by Crippen LogP contribution is 2.24. The zero-order valence-electron chi connectivity index (χ0n) is 10.8. The minimum Gasteiger partial charge on any atom is -0.483 e. The molecular weight excluding hydrogens is 252 g/mol. The van der Waals surface area contributed by atoms with Gasteiger partial charge in [0.15, 0.2) is 6.61 Å². The molecule has 19 heavy (non-hydrogen) atoms. The molecule has 0 aromatic heterocycles. The molecule has 1 aromatic carbocycles. The highest BCUT2D eigenvalue weighted by molar-refractivity contribution is 5.77. The van der Waals surface area contributed by atoms with Gasteiger partial charge in [-0.25, -0.2) is 0 Å². The van der Waals surface area contributed by atoms with Gasteiger partial charge in [-0.05, 0) is 19.9 Å². The van der Waals surface area contributed by atoms with Crippen LogP contribution in [0.1, 0.15) is 19.4 Å². The van der Waals surface area contributed by atoms with Crippen LogP contribution in [0, 0.1) is 10.1 Å². The highest BCUT2D eigenvalue weighted by atomic mass is 16.6. The number of nitro groups is 1. The van der Waals surface area contributed by atoms with E-state index in [2.05, 4.69) is 5.32 Å². The summed E-state index contributed by atoms with van der Waals surface area (Å²) in [6.07, 6.45) is 0. The van der Waals surface area contributed by atoms with E-state index in [1.807, 2.05) is 13.8 Å². The van der Waals surface area contributed by atoms with Crippen molar-refractivity contribution in [2.24, 2.45) is 0 Å². The fourth-order valence-electron chi connectivity index (χ4n) is 1.45. The number of ether oxygens (including phenoxy) is 1. The standard InChI is InChI=1S/C12H16N2O5/c1-8(2)13-12(16)7-19-11-4-3-10(14(17)18)5-9(11)6-15/h3-5,8,15H,6-7H2,1-2H3,(H,13,16). The van der Waals surface area contributed by atoms with Gasteiger partial charge in [-0.15, -0.1) is 0 Å². The second kappa shape index (κ2) is 6.69. The Morgan fingerprint density at radius 1 is 1.53 bits per heavy atom. The summed E-state index contributed by atoms with van der Waals surface area (Å²) in [6.45, 7) is 3.04. The van der Waals surface area contributed by atoms with Gasteiger partial charge in [-0.2, -0.15) is 0 Å². The molecule has 1 amide bonds. The number of carbonyl (C=O) groups excluding carboxylic acids is 1. The maximum Gasteiger partial charge on any atom is 0.270 e. The molecule has 0 saturated heterocycles. The molecule has 1 rings (SSSR count). The normalized spacial score (nSPS) is 10.3. The van der Waals surface area contributed by atoms with E-state index < -0.39 is 11.5 Å². The predicted octanol–water partition coefficient (Wildman–Crippen LogP) is 0.990. The van der Waals surface area contributed by atoms with Crippen LogP contribution in [0.2, 0.25) is 0 Å². The second-order valence-corrected chi connectivity index (χ2v) is 4.22. The third-order valence-electron chi connectivity index (χ3n) is 2.23. The van der Waals surface area contributed by atoms with Crippen molar-refractivity contribution in [2.75, 3.05) is 6.61 Å². The van der Waals surface area contributed by atoms with E-state index in [1.54, 1.807) is 0 Å². The van der Waals surface area contributed by atoms with Gasteiger partial charge in [0.25, 0.3) is 11.6 Å². The first-order valence-electron chi connectivity index (χ1n) is 5.74. The summed E-state index contributed by atoms with van der Waals surface area (Å²) < 4.78 is 5.23. The lowest BCUT2D eigenvalue weighted by atomic mass is 10.2. The van der Waals surface area contributed by atoms with Crippen LogP contribution >= 0.6 is 0 Å². The van der Waals surface area contributed by atoms with E-state index in [1.165, 1.54) is 18.2 Å². The summed E-state index contributed by atoms with van der Waals surface area (Å²) in [6, 6.07) is 3.85. The van der Waals surface area contributed by atoms with E-state index in [9.17, 15) is 14.9 Å². The Labute approximate surface area is 110 Å². The van der Waals surface area contributed by atoms with E-state index in [0.29, 0.717) is 0 Å². The Morgan fingerprint density at radius 2 is 2.21 bits per heavy atom. The Kier molecular flexibility index (Phi) is 5.25. The van der Waals surface area contributed by atoms with Crippen LogP contribution in [0.25, 0.3) is 0 Å². The molecule has 0 aliphatic carbocycles. The SMILES string of the molecule is CC(C)NC(=O)COc1ccc([N+](=O)[O-])cc1CO. The fraction of sp³-hybridized carbons (Fsp3) is 0.417. The maximum absolute atomic E-state index is 11.4. The first kappa shape index (κ1) is 14.9. The van der Waals surface area contributed by atoms with Crippen LogP contribution in [0.4, 0.5) is 5.69 Å². The van der Waals surface area contributed by atoms with Gasteiger partial charge in [0.1, 0.15) is 5.75 Å². The number of amides is 1. The van der Waals surface area contributed by atoms with Crippen LogP contribution in [0.3, 0.4) is 0 Å². The molecule has 0 spiro atoms. The molecule has 0 aliphatic rings. The van der Waals surface area contributed by atoms with Gasteiger partial charge in [0, 0.05) is 23.7 Å². The van der Waals surface area contributed by atoms with E-state index in [0.717, 1.165) is 0 Å². The number of nitro benzene ring substituents is 1. The zero-order chi connectivity index (χ0) is 14.4. The van der Waals surface area contributed by atoms with Crippen LogP contribution in [-0.4, -0.2) is 28.6 Å². The van der Waals surface area contributed by atoms with Crippen molar-refractivity contribution in [2.45, 2.75) is 26.5 Å². The third-order valence-corrected chi connectivity index (χ3v) is 2.23. The first-order valence-corrected chi connectivity index (χ1v) is 5.74. The number of aliphatic hydroxyl groups is 1. The molecule has 7 heteroatoms. The summed E-state index contributed by atoms with van der Waals surface area (Å²) >= 11 is 0. The van der Waals surface area contributed by atoms with Gasteiger partial charge in [-0.1, -0.05) is 0 Å². The molecule has 1 aromatic rings. The maximum atomic E-state index is 11.4. The molecule has 7 nitrogen and oxygen atoms in total. The number of benzene rings is 1. The fourth-order valence-corrected chi connectivity index (χ4v) is 1.45. The molecule has 0 aliphatic heterocycles. The summed E-state index contributed by atoms with van der Waals surface area (Å²) in [5.74, 6) is -0.0377. The summed E-state index contributed by atoms with van der Waals surface area (Å²) in [5.41, 5.74) is 0.134. The summed E-state index contributed by atoms with van der Waals surface area (Å²) in [5, 5.41) is 22.4. The van der Waals surface area contributed by atoms with Gasteiger partial charge < -0.3 is 15.2 Å². The van der Waals surface area contributed by atoms with Crippen LogP contribution in [0.5, 0.6) is 5.75 Å². The molecule has 104 valence electrons. The lowest BCUT2D eigenvalue weighted by Crippen LogP contribution is -2.34. The average Bonchev–Trinajstić information content (AvgIpc) is 2.35.